The van der Waals surface area contributed by atoms with Crippen LogP contribution in [0.15, 0.2) is 51.8 Å². The van der Waals surface area contributed by atoms with Crippen molar-refractivity contribution >= 4 is 10.0 Å². The highest BCUT2D eigenvalue weighted by Crippen LogP contribution is 2.33. The second-order valence-electron chi connectivity index (χ2n) is 5.98. The van der Waals surface area contributed by atoms with Gasteiger partial charge in [-0.1, -0.05) is 18.2 Å². The molecule has 0 aliphatic carbocycles. The molecule has 4 rings (SSSR count). The molecule has 2 heterocycles. The largest absolute Gasteiger partial charge is 0.454 e. The lowest BCUT2D eigenvalue weighted by Gasteiger charge is -2.06. The lowest BCUT2D eigenvalue weighted by molar-refractivity contribution is 0.174. The molecule has 0 unspecified atom stereocenters. The van der Waals surface area contributed by atoms with Gasteiger partial charge in [0.2, 0.25) is 28.6 Å². The van der Waals surface area contributed by atoms with E-state index in [-0.39, 0.29) is 24.7 Å². The maximum Gasteiger partial charge on any atom is 0.247 e. The van der Waals surface area contributed by atoms with Crippen LogP contribution in [-0.2, 0) is 16.4 Å². The Hall–Kier alpha value is -2.91. The molecular formula is C18H17N3O5S. The second-order valence-corrected chi connectivity index (χ2v) is 7.75. The number of nitrogens with zero attached hydrogens (tertiary/aromatic N) is 2. The van der Waals surface area contributed by atoms with E-state index in [1.165, 1.54) is 12.1 Å². The fourth-order valence-corrected chi connectivity index (χ4v) is 3.74. The number of fused-ring (bicyclic) bond motifs is 1. The van der Waals surface area contributed by atoms with E-state index < -0.39 is 10.0 Å². The Labute approximate surface area is 156 Å². The van der Waals surface area contributed by atoms with Crippen LogP contribution < -0.4 is 14.2 Å². The molecule has 1 aromatic heterocycles. The van der Waals surface area contributed by atoms with Crippen molar-refractivity contribution in [3.63, 3.8) is 0 Å². The molecule has 0 saturated heterocycles. The van der Waals surface area contributed by atoms with E-state index in [9.17, 15) is 8.42 Å². The molecule has 0 atom stereocenters. The number of aryl methyl sites for hydroxylation is 1. The van der Waals surface area contributed by atoms with Crippen molar-refractivity contribution in [3.8, 4) is 23.0 Å². The Balaban J connectivity index is 1.40. The van der Waals surface area contributed by atoms with E-state index in [0.29, 0.717) is 23.3 Å². The van der Waals surface area contributed by atoms with Gasteiger partial charge < -0.3 is 13.9 Å². The van der Waals surface area contributed by atoms with E-state index >= 15 is 0 Å². The summed E-state index contributed by atoms with van der Waals surface area (Å²) >= 11 is 0. The van der Waals surface area contributed by atoms with Crippen LogP contribution in [-0.4, -0.2) is 32.0 Å². The molecule has 140 valence electrons. The van der Waals surface area contributed by atoms with Crippen molar-refractivity contribution in [2.75, 3.05) is 13.3 Å². The number of nitrogens with one attached hydrogen (secondary N) is 1. The minimum Gasteiger partial charge on any atom is -0.454 e. The number of sulfonamides is 1. The lowest BCUT2D eigenvalue weighted by Crippen LogP contribution is -2.26. The molecule has 0 amide bonds. The molecule has 0 bridgehead atoms. The normalized spacial score (nSPS) is 13.1. The monoisotopic (exact) mass is 387 g/mol. The minimum absolute atomic E-state index is 0.0899. The Bertz CT molecular complexity index is 1080. The summed E-state index contributed by atoms with van der Waals surface area (Å²) < 4.78 is 43.4. The minimum atomic E-state index is -3.68. The molecule has 0 radical (unpaired) electrons. The molecule has 0 saturated carbocycles. The van der Waals surface area contributed by atoms with Crippen molar-refractivity contribution in [2.45, 2.75) is 18.2 Å². The van der Waals surface area contributed by atoms with E-state index in [1.54, 1.807) is 6.07 Å². The van der Waals surface area contributed by atoms with Crippen LogP contribution in [0.4, 0.5) is 0 Å². The van der Waals surface area contributed by atoms with Gasteiger partial charge in [0.25, 0.3) is 0 Å². The Morgan fingerprint density at radius 2 is 1.89 bits per heavy atom. The van der Waals surface area contributed by atoms with E-state index in [2.05, 4.69) is 14.9 Å². The first kappa shape index (κ1) is 17.5. The quantitative estimate of drug-likeness (QED) is 0.692. The molecule has 9 heteroatoms. The highest BCUT2D eigenvalue weighted by atomic mass is 32.2. The number of hydrogen-bond acceptors (Lipinski definition) is 7. The predicted octanol–water partition coefficient (Wildman–Crippen LogP) is 2.29. The van der Waals surface area contributed by atoms with Gasteiger partial charge in [-0.05, 0) is 30.7 Å². The fraction of sp³-hybridized carbons (Fsp3) is 0.222. The van der Waals surface area contributed by atoms with Crippen LogP contribution in [0.2, 0.25) is 0 Å². The van der Waals surface area contributed by atoms with Gasteiger partial charge in [-0.15, -0.1) is 10.2 Å². The zero-order chi connectivity index (χ0) is 18.9. The van der Waals surface area contributed by atoms with Gasteiger partial charge in [0, 0.05) is 24.6 Å². The van der Waals surface area contributed by atoms with Gasteiger partial charge >= 0.3 is 0 Å². The van der Waals surface area contributed by atoms with Gasteiger partial charge in [-0.2, -0.15) is 0 Å². The SMILES string of the molecule is Cc1ccccc1-c1nnc(CCNS(=O)(=O)c2ccc3c(c2)OCO3)o1. The number of rotatable bonds is 6. The molecule has 1 aliphatic heterocycles. The van der Waals surface area contributed by atoms with Gasteiger partial charge in [0.15, 0.2) is 11.5 Å². The first-order chi connectivity index (χ1) is 13.0. The topological polar surface area (TPSA) is 104 Å². The molecule has 0 fully saturated rings. The Morgan fingerprint density at radius 3 is 2.74 bits per heavy atom. The zero-order valence-electron chi connectivity index (χ0n) is 14.5. The molecule has 27 heavy (non-hydrogen) atoms. The van der Waals surface area contributed by atoms with Crippen molar-refractivity contribution in [3.05, 3.63) is 53.9 Å². The van der Waals surface area contributed by atoms with Gasteiger partial charge in [-0.25, -0.2) is 13.1 Å². The van der Waals surface area contributed by atoms with Crippen molar-refractivity contribution in [1.82, 2.24) is 14.9 Å². The molecular weight excluding hydrogens is 370 g/mol. The Morgan fingerprint density at radius 1 is 1.07 bits per heavy atom. The molecule has 0 spiro atoms. The van der Waals surface area contributed by atoms with Crippen LogP contribution in [0, 0.1) is 6.92 Å². The molecule has 1 aliphatic rings. The summed E-state index contributed by atoms with van der Waals surface area (Å²) in [6.45, 7) is 2.18. The third-order valence-electron chi connectivity index (χ3n) is 4.13. The average Bonchev–Trinajstić information content (AvgIpc) is 3.30. The predicted molar refractivity (Wildman–Crippen MR) is 95.9 cm³/mol. The van der Waals surface area contributed by atoms with Gasteiger partial charge in [0.1, 0.15) is 0 Å². The Kier molecular flexibility index (Phi) is 4.54. The third kappa shape index (κ3) is 3.64. The zero-order valence-corrected chi connectivity index (χ0v) is 15.3. The standard InChI is InChI=1S/C18H17N3O5S/c1-12-4-2-3-5-14(12)18-21-20-17(26-18)8-9-19-27(22,23)13-6-7-15-16(10-13)25-11-24-15/h2-7,10,19H,8-9,11H2,1H3. The average molecular weight is 387 g/mol. The van der Waals surface area contributed by atoms with E-state index in [4.69, 9.17) is 13.9 Å². The highest BCUT2D eigenvalue weighted by Gasteiger charge is 2.20. The van der Waals surface area contributed by atoms with E-state index in [0.717, 1.165) is 11.1 Å². The first-order valence-corrected chi connectivity index (χ1v) is 9.79. The number of benzene rings is 2. The number of aromatic nitrogens is 2. The van der Waals surface area contributed by atoms with Gasteiger partial charge in [0.05, 0.1) is 4.90 Å². The summed E-state index contributed by atoms with van der Waals surface area (Å²) in [7, 11) is -3.68. The van der Waals surface area contributed by atoms with Crippen LogP contribution in [0.3, 0.4) is 0 Å². The number of ether oxygens (including phenoxy) is 2. The summed E-state index contributed by atoms with van der Waals surface area (Å²) in [5.41, 5.74) is 1.88. The second kappa shape index (κ2) is 7.01. The summed E-state index contributed by atoms with van der Waals surface area (Å²) in [6.07, 6.45) is 0.280. The molecule has 3 aromatic rings. The first-order valence-electron chi connectivity index (χ1n) is 8.31. The van der Waals surface area contributed by atoms with Crippen molar-refractivity contribution < 1.29 is 22.3 Å². The van der Waals surface area contributed by atoms with Crippen molar-refractivity contribution in [1.29, 1.82) is 0 Å². The maximum absolute atomic E-state index is 12.4. The molecule has 8 nitrogen and oxygen atoms in total. The lowest BCUT2D eigenvalue weighted by atomic mass is 10.1. The summed E-state index contributed by atoms with van der Waals surface area (Å²) in [5.74, 6) is 1.73. The maximum atomic E-state index is 12.4. The van der Waals surface area contributed by atoms with Gasteiger partial charge in [-0.3, -0.25) is 0 Å². The highest BCUT2D eigenvalue weighted by molar-refractivity contribution is 7.89. The van der Waals surface area contributed by atoms with Crippen molar-refractivity contribution in [2.24, 2.45) is 0 Å². The van der Waals surface area contributed by atoms with Crippen LogP contribution in [0.5, 0.6) is 11.5 Å². The smallest absolute Gasteiger partial charge is 0.247 e. The van der Waals surface area contributed by atoms with Crippen LogP contribution in [0.25, 0.3) is 11.5 Å². The summed E-state index contributed by atoms with van der Waals surface area (Å²) in [6, 6.07) is 12.2. The fourth-order valence-electron chi connectivity index (χ4n) is 2.70. The van der Waals surface area contributed by atoms with E-state index in [1.807, 2.05) is 31.2 Å². The summed E-state index contributed by atoms with van der Waals surface area (Å²) in [5, 5.41) is 8.02. The van der Waals surface area contributed by atoms with Crippen LogP contribution in [0.1, 0.15) is 11.5 Å². The third-order valence-corrected chi connectivity index (χ3v) is 5.59. The number of hydrogen-bond donors (Lipinski definition) is 1. The molecule has 1 N–H and O–H groups in total. The molecule has 2 aromatic carbocycles. The van der Waals surface area contributed by atoms with Crippen LogP contribution >= 0.6 is 0 Å². The summed E-state index contributed by atoms with van der Waals surface area (Å²) in [4.78, 5) is 0.109.